The fourth-order valence-corrected chi connectivity index (χ4v) is 3.34. The summed E-state index contributed by atoms with van der Waals surface area (Å²) in [6.45, 7) is 4.82. The first-order valence-corrected chi connectivity index (χ1v) is 8.07. The molecule has 0 aromatic carbocycles. The third-order valence-electron chi connectivity index (χ3n) is 4.58. The lowest BCUT2D eigenvalue weighted by Crippen LogP contribution is -2.52. The molecular weight excluding hydrogens is 298 g/mol. The molecule has 1 N–H and O–H groups in total. The summed E-state index contributed by atoms with van der Waals surface area (Å²) in [5.74, 6) is 0.239. The highest BCUT2D eigenvalue weighted by atomic mass is 16.5. The number of carbonyl (C=O) groups is 1. The van der Waals surface area contributed by atoms with Gasteiger partial charge in [0.25, 0.3) is 11.5 Å². The SMILES string of the molecule is COc1cc(=O)[nH]cc1C(=O)N1CCCC(N2CCOCC2)C1. The van der Waals surface area contributed by atoms with Gasteiger partial charge in [-0.15, -0.1) is 0 Å². The molecule has 7 nitrogen and oxygen atoms in total. The Labute approximate surface area is 135 Å². The first-order chi connectivity index (χ1) is 11.2. The molecule has 1 amide bonds. The number of amides is 1. The Morgan fingerprint density at radius 3 is 2.87 bits per heavy atom. The smallest absolute Gasteiger partial charge is 0.259 e. The second-order valence-corrected chi connectivity index (χ2v) is 5.97. The zero-order chi connectivity index (χ0) is 16.2. The zero-order valence-corrected chi connectivity index (χ0v) is 13.4. The molecule has 126 valence electrons. The van der Waals surface area contributed by atoms with E-state index in [2.05, 4.69) is 9.88 Å². The number of carbonyl (C=O) groups excluding carboxylic acids is 1. The van der Waals surface area contributed by atoms with Crippen molar-refractivity contribution in [2.75, 3.05) is 46.5 Å². The van der Waals surface area contributed by atoms with Crippen molar-refractivity contribution in [1.82, 2.24) is 14.8 Å². The van der Waals surface area contributed by atoms with E-state index in [1.165, 1.54) is 19.4 Å². The topological polar surface area (TPSA) is 74.9 Å². The van der Waals surface area contributed by atoms with E-state index in [9.17, 15) is 9.59 Å². The van der Waals surface area contributed by atoms with Crippen molar-refractivity contribution in [3.63, 3.8) is 0 Å². The van der Waals surface area contributed by atoms with Crippen LogP contribution in [0.1, 0.15) is 23.2 Å². The maximum atomic E-state index is 12.8. The van der Waals surface area contributed by atoms with Crippen molar-refractivity contribution in [1.29, 1.82) is 0 Å². The summed E-state index contributed by atoms with van der Waals surface area (Å²) in [6, 6.07) is 1.70. The molecule has 2 aliphatic rings. The number of nitrogens with zero attached hydrogens (tertiary/aromatic N) is 2. The maximum absolute atomic E-state index is 12.8. The number of likely N-dealkylation sites (tertiary alicyclic amines) is 1. The standard InChI is InChI=1S/C16H23N3O4/c1-22-14-9-15(20)17-10-13(14)16(21)19-4-2-3-12(11-19)18-5-7-23-8-6-18/h9-10,12H,2-8,11H2,1H3,(H,17,20). The molecule has 0 aliphatic carbocycles. The molecule has 2 aliphatic heterocycles. The van der Waals surface area contributed by atoms with Crippen LogP contribution in [-0.2, 0) is 4.74 Å². The average Bonchev–Trinajstić information content (AvgIpc) is 2.62. The minimum atomic E-state index is -0.275. The van der Waals surface area contributed by atoms with Crippen LogP contribution in [0, 0.1) is 0 Å². The van der Waals surface area contributed by atoms with E-state index in [1.807, 2.05) is 4.90 Å². The Hall–Kier alpha value is -1.86. The van der Waals surface area contributed by atoms with Gasteiger partial charge in [-0.25, -0.2) is 0 Å². The summed E-state index contributed by atoms with van der Waals surface area (Å²) in [5.41, 5.74) is 0.137. The second kappa shape index (κ2) is 7.14. The van der Waals surface area contributed by atoms with Crippen LogP contribution in [0.4, 0.5) is 0 Å². The molecule has 3 heterocycles. The Morgan fingerprint density at radius 1 is 1.35 bits per heavy atom. The average molecular weight is 321 g/mol. The van der Waals surface area contributed by atoms with Crippen molar-refractivity contribution >= 4 is 5.91 Å². The van der Waals surface area contributed by atoms with Crippen LogP contribution in [0.3, 0.4) is 0 Å². The monoisotopic (exact) mass is 321 g/mol. The summed E-state index contributed by atoms with van der Waals surface area (Å²) in [4.78, 5) is 31.0. The van der Waals surface area contributed by atoms with E-state index >= 15 is 0 Å². The summed E-state index contributed by atoms with van der Waals surface area (Å²) in [6.07, 6.45) is 3.54. The van der Waals surface area contributed by atoms with E-state index < -0.39 is 0 Å². The maximum Gasteiger partial charge on any atom is 0.259 e. The molecular formula is C16H23N3O4. The normalized spacial score (nSPS) is 22.8. The molecule has 1 aromatic heterocycles. The van der Waals surface area contributed by atoms with Gasteiger partial charge in [0.15, 0.2) is 0 Å². The third kappa shape index (κ3) is 3.56. The summed E-state index contributed by atoms with van der Waals surface area (Å²) < 4.78 is 10.6. The highest BCUT2D eigenvalue weighted by Gasteiger charge is 2.30. The molecule has 1 aromatic rings. The fourth-order valence-electron chi connectivity index (χ4n) is 3.34. The van der Waals surface area contributed by atoms with Crippen LogP contribution in [-0.4, -0.2) is 73.2 Å². The molecule has 2 saturated heterocycles. The number of hydrogen-bond donors (Lipinski definition) is 1. The molecule has 7 heteroatoms. The van der Waals surface area contributed by atoms with Gasteiger partial charge in [-0.3, -0.25) is 14.5 Å². The number of aromatic nitrogens is 1. The van der Waals surface area contributed by atoms with Gasteiger partial charge in [-0.2, -0.15) is 0 Å². The number of piperidine rings is 1. The van der Waals surface area contributed by atoms with Gasteiger partial charge in [-0.05, 0) is 12.8 Å². The van der Waals surface area contributed by atoms with Crippen molar-refractivity contribution in [2.45, 2.75) is 18.9 Å². The van der Waals surface area contributed by atoms with Crippen LogP contribution in [0.5, 0.6) is 5.75 Å². The minimum Gasteiger partial charge on any atom is -0.496 e. The lowest BCUT2D eigenvalue weighted by Gasteiger charge is -2.40. The summed E-state index contributed by atoms with van der Waals surface area (Å²) >= 11 is 0. The molecule has 1 unspecified atom stereocenters. The van der Waals surface area contributed by atoms with Crippen molar-refractivity contribution in [3.05, 3.63) is 28.2 Å². The number of methoxy groups -OCH3 is 1. The van der Waals surface area contributed by atoms with Gasteiger partial charge in [0.05, 0.1) is 25.9 Å². The Balaban J connectivity index is 1.73. The summed E-state index contributed by atoms with van der Waals surface area (Å²) in [7, 11) is 1.47. The highest BCUT2D eigenvalue weighted by molar-refractivity contribution is 5.96. The van der Waals surface area contributed by atoms with Gasteiger partial charge >= 0.3 is 0 Å². The van der Waals surface area contributed by atoms with E-state index in [0.717, 1.165) is 45.7 Å². The van der Waals surface area contributed by atoms with Gasteiger partial charge in [0.1, 0.15) is 5.75 Å². The number of aromatic amines is 1. The Morgan fingerprint density at radius 2 is 2.13 bits per heavy atom. The molecule has 0 saturated carbocycles. The lowest BCUT2D eigenvalue weighted by molar-refractivity contribution is -0.00125. The van der Waals surface area contributed by atoms with Crippen LogP contribution in [0.15, 0.2) is 17.1 Å². The molecule has 0 radical (unpaired) electrons. The largest absolute Gasteiger partial charge is 0.496 e. The van der Waals surface area contributed by atoms with Crippen LogP contribution in [0.25, 0.3) is 0 Å². The number of morpholine rings is 1. The Kier molecular flexibility index (Phi) is 4.97. The van der Waals surface area contributed by atoms with Gasteiger partial charge in [0.2, 0.25) is 0 Å². The van der Waals surface area contributed by atoms with Crippen molar-refractivity contribution in [3.8, 4) is 5.75 Å². The molecule has 3 rings (SSSR count). The number of rotatable bonds is 3. The number of pyridine rings is 1. The van der Waals surface area contributed by atoms with E-state index in [4.69, 9.17) is 9.47 Å². The van der Waals surface area contributed by atoms with Gasteiger partial charge in [-0.1, -0.05) is 0 Å². The third-order valence-corrected chi connectivity index (χ3v) is 4.58. The zero-order valence-electron chi connectivity index (χ0n) is 13.4. The van der Waals surface area contributed by atoms with Gasteiger partial charge in [0, 0.05) is 44.5 Å². The first-order valence-electron chi connectivity index (χ1n) is 8.07. The van der Waals surface area contributed by atoms with Crippen LogP contribution < -0.4 is 10.3 Å². The van der Waals surface area contributed by atoms with Crippen molar-refractivity contribution in [2.24, 2.45) is 0 Å². The minimum absolute atomic E-state index is 0.0870. The molecule has 0 spiro atoms. The molecule has 0 bridgehead atoms. The van der Waals surface area contributed by atoms with Crippen molar-refractivity contribution < 1.29 is 14.3 Å². The van der Waals surface area contributed by atoms with E-state index in [0.29, 0.717) is 23.9 Å². The van der Waals surface area contributed by atoms with Gasteiger partial charge < -0.3 is 19.4 Å². The predicted octanol–water partition coefficient (Wildman–Crippen LogP) is 0.320. The predicted molar refractivity (Wildman–Crippen MR) is 84.9 cm³/mol. The summed E-state index contributed by atoms with van der Waals surface area (Å²) in [5, 5.41) is 0. The Bertz CT molecular complexity index is 610. The quantitative estimate of drug-likeness (QED) is 0.868. The number of H-pyrrole nitrogens is 1. The van der Waals surface area contributed by atoms with Crippen LogP contribution in [0.2, 0.25) is 0 Å². The number of hydrogen-bond acceptors (Lipinski definition) is 5. The number of ether oxygens (including phenoxy) is 2. The lowest BCUT2D eigenvalue weighted by atomic mass is 10.0. The fraction of sp³-hybridized carbons (Fsp3) is 0.625. The van der Waals surface area contributed by atoms with E-state index in [-0.39, 0.29) is 11.5 Å². The highest BCUT2D eigenvalue weighted by Crippen LogP contribution is 2.22. The molecule has 23 heavy (non-hydrogen) atoms. The molecule has 2 fully saturated rings. The first kappa shape index (κ1) is 16.0. The number of nitrogens with one attached hydrogen (secondary N) is 1. The second-order valence-electron chi connectivity index (χ2n) is 5.97. The van der Waals surface area contributed by atoms with Crippen LogP contribution >= 0.6 is 0 Å². The van der Waals surface area contributed by atoms with E-state index in [1.54, 1.807) is 0 Å². The molecule has 1 atom stereocenters.